The van der Waals surface area contributed by atoms with Gasteiger partial charge in [-0.15, -0.1) is 0 Å². The molecule has 0 amide bonds. The Morgan fingerprint density at radius 1 is 1.47 bits per heavy atom. The van der Waals surface area contributed by atoms with Crippen LogP contribution in [0.25, 0.3) is 0 Å². The molecular weight excluding hydrogens is 266 g/mol. The highest BCUT2D eigenvalue weighted by molar-refractivity contribution is 7.99. The lowest BCUT2D eigenvalue weighted by molar-refractivity contribution is 0.596. The second kappa shape index (κ2) is 4.99. The minimum Gasteiger partial charge on any atom is -0.397 e. The zero-order valence-corrected chi connectivity index (χ0v) is 10.7. The molecule has 0 atom stereocenters. The first-order valence-corrected chi connectivity index (χ1v) is 5.98. The number of aromatic amines is 1. The van der Waals surface area contributed by atoms with Crippen molar-refractivity contribution >= 4 is 17.4 Å². The number of rotatable bonds is 2. The molecule has 0 saturated heterocycles. The first-order valence-electron chi connectivity index (χ1n) is 5.16. The minimum atomic E-state index is -0.865. The monoisotopic (exact) mass is 275 g/mol. The number of para-hydroxylation sites is 1. The van der Waals surface area contributed by atoms with Crippen LogP contribution in [0.15, 0.2) is 37.8 Å². The van der Waals surface area contributed by atoms with Crippen molar-refractivity contribution in [1.29, 1.82) is 5.26 Å². The van der Waals surface area contributed by atoms with Crippen molar-refractivity contribution in [3.05, 3.63) is 44.5 Å². The molecular formula is C11H9N5O2S. The van der Waals surface area contributed by atoms with Crippen molar-refractivity contribution in [2.45, 2.75) is 10.1 Å². The summed E-state index contributed by atoms with van der Waals surface area (Å²) in [5, 5.41) is 11.5. The third-order valence-corrected chi connectivity index (χ3v) is 3.46. The van der Waals surface area contributed by atoms with Gasteiger partial charge in [0.05, 0.1) is 11.3 Å². The van der Waals surface area contributed by atoms with Crippen LogP contribution in [0.4, 0.5) is 5.69 Å². The predicted octanol–water partition coefficient (Wildman–Crippen LogP) is 0.0737. The average molecular weight is 275 g/mol. The molecule has 3 N–H and O–H groups in total. The number of H-pyrrole nitrogens is 1. The van der Waals surface area contributed by atoms with E-state index in [1.807, 2.05) is 6.07 Å². The lowest BCUT2D eigenvalue weighted by atomic mass is 10.2. The van der Waals surface area contributed by atoms with Gasteiger partial charge in [-0.05, 0) is 23.9 Å². The first-order chi connectivity index (χ1) is 9.02. The van der Waals surface area contributed by atoms with Crippen LogP contribution >= 0.6 is 11.8 Å². The van der Waals surface area contributed by atoms with Crippen molar-refractivity contribution in [2.24, 2.45) is 7.05 Å². The fourth-order valence-corrected chi connectivity index (χ4v) is 2.26. The van der Waals surface area contributed by atoms with Gasteiger partial charge in [0.25, 0.3) is 0 Å². The zero-order valence-electron chi connectivity index (χ0n) is 9.88. The van der Waals surface area contributed by atoms with E-state index in [2.05, 4.69) is 10.1 Å². The molecule has 96 valence electrons. The number of anilines is 1. The lowest BCUT2D eigenvalue weighted by Crippen LogP contribution is -2.33. The fraction of sp³-hybridized carbons (Fsp3) is 0.0909. The van der Waals surface area contributed by atoms with Crippen molar-refractivity contribution in [3.63, 3.8) is 0 Å². The van der Waals surface area contributed by atoms with Gasteiger partial charge in [0.2, 0.25) is 0 Å². The average Bonchev–Trinajstić information content (AvgIpc) is 2.38. The van der Waals surface area contributed by atoms with Crippen molar-refractivity contribution in [3.8, 4) is 6.07 Å². The van der Waals surface area contributed by atoms with Crippen LogP contribution in [0.1, 0.15) is 5.56 Å². The molecule has 7 nitrogen and oxygen atoms in total. The molecule has 0 spiro atoms. The summed E-state index contributed by atoms with van der Waals surface area (Å²) in [6, 6.07) is 6.96. The topological polar surface area (TPSA) is 118 Å². The Bertz CT molecular complexity index is 787. The molecule has 0 aliphatic carbocycles. The van der Waals surface area contributed by atoms with Crippen LogP contribution in [0.2, 0.25) is 0 Å². The molecule has 1 aromatic heterocycles. The van der Waals surface area contributed by atoms with E-state index >= 15 is 0 Å². The van der Waals surface area contributed by atoms with Gasteiger partial charge in [0.15, 0.2) is 5.16 Å². The summed E-state index contributed by atoms with van der Waals surface area (Å²) in [6.45, 7) is 0. The summed E-state index contributed by atoms with van der Waals surface area (Å²) >= 11 is 1.10. The van der Waals surface area contributed by atoms with Crippen LogP contribution in [0.5, 0.6) is 0 Å². The molecule has 0 bridgehead atoms. The second-order valence-electron chi connectivity index (χ2n) is 3.63. The first kappa shape index (κ1) is 12.9. The summed E-state index contributed by atoms with van der Waals surface area (Å²) in [4.78, 5) is 26.6. The van der Waals surface area contributed by atoms with Gasteiger partial charge in [0, 0.05) is 11.9 Å². The van der Waals surface area contributed by atoms with Gasteiger partial charge in [0.1, 0.15) is 6.07 Å². The van der Waals surface area contributed by atoms with Crippen molar-refractivity contribution < 1.29 is 0 Å². The number of benzene rings is 1. The molecule has 2 rings (SSSR count). The highest BCUT2D eigenvalue weighted by Gasteiger charge is 2.10. The van der Waals surface area contributed by atoms with E-state index in [0.29, 0.717) is 16.1 Å². The summed E-state index contributed by atoms with van der Waals surface area (Å²) in [6.07, 6.45) is 0. The van der Waals surface area contributed by atoms with Crippen LogP contribution in [-0.2, 0) is 7.05 Å². The number of nitrogens with zero attached hydrogens (tertiary/aromatic N) is 3. The Kier molecular flexibility index (Phi) is 3.39. The van der Waals surface area contributed by atoms with Gasteiger partial charge in [-0.3, -0.25) is 19.4 Å². The Morgan fingerprint density at radius 2 is 2.21 bits per heavy atom. The molecule has 0 aliphatic rings. The van der Waals surface area contributed by atoms with Gasteiger partial charge in [-0.2, -0.15) is 10.2 Å². The molecule has 0 radical (unpaired) electrons. The zero-order chi connectivity index (χ0) is 14.0. The number of nitrogen functional groups attached to an aromatic ring is 1. The number of hydrogen-bond donors (Lipinski definition) is 2. The number of aromatic nitrogens is 3. The summed E-state index contributed by atoms with van der Waals surface area (Å²) in [5.74, 6) is 0. The van der Waals surface area contributed by atoms with Gasteiger partial charge in [-0.1, -0.05) is 6.07 Å². The molecule has 19 heavy (non-hydrogen) atoms. The number of nitrogens with one attached hydrogen (secondary N) is 1. The van der Waals surface area contributed by atoms with Crippen LogP contribution < -0.4 is 16.9 Å². The van der Waals surface area contributed by atoms with E-state index in [0.717, 1.165) is 11.8 Å². The minimum absolute atomic E-state index is 0.284. The maximum atomic E-state index is 11.2. The second-order valence-corrected chi connectivity index (χ2v) is 4.64. The maximum absolute atomic E-state index is 11.2. The lowest BCUT2D eigenvalue weighted by Gasteiger charge is -2.08. The Labute approximate surface area is 111 Å². The molecule has 0 aliphatic heterocycles. The van der Waals surface area contributed by atoms with Crippen LogP contribution in [0, 0.1) is 11.3 Å². The fourth-order valence-electron chi connectivity index (χ4n) is 1.38. The number of aryl methyl sites for hydroxylation is 1. The van der Waals surface area contributed by atoms with E-state index in [1.165, 1.54) is 4.68 Å². The molecule has 8 heteroatoms. The van der Waals surface area contributed by atoms with Gasteiger partial charge < -0.3 is 5.73 Å². The summed E-state index contributed by atoms with van der Waals surface area (Å²) in [5.41, 5.74) is 4.84. The van der Waals surface area contributed by atoms with E-state index in [9.17, 15) is 9.59 Å². The molecule has 2 aromatic rings. The third kappa shape index (κ3) is 2.51. The van der Waals surface area contributed by atoms with E-state index in [1.54, 1.807) is 25.2 Å². The number of nitriles is 1. The number of hydrogen-bond acceptors (Lipinski definition) is 6. The summed E-state index contributed by atoms with van der Waals surface area (Å²) < 4.78 is 1.33. The van der Waals surface area contributed by atoms with Gasteiger partial charge in [-0.25, -0.2) is 0 Å². The van der Waals surface area contributed by atoms with Crippen molar-refractivity contribution in [2.75, 3.05) is 5.73 Å². The van der Waals surface area contributed by atoms with E-state index in [4.69, 9.17) is 11.0 Å². The van der Waals surface area contributed by atoms with Crippen LogP contribution in [0.3, 0.4) is 0 Å². The Hall–Kier alpha value is -2.53. The Morgan fingerprint density at radius 3 is 2.89 bits per heavy atom. The van der Waals surface area contributed by atoms with Gasteiger partial charge >= 0.3 is 11.1 Å². The predicted molar refractivity (Wildman–Crippen MR) is 69.8 cm³/mol. The van der Waals surface area contributed by atoms with Crippen molar-refractivity contribution in [1.82, 2.24) is 14.8 Å². The third-order valence-electron chi connectivity index (χ3n) is 2.34. The molecule has 1 aromatic carbocycles. The standard InChI is InChI=1S/C11H9N5O2S/c1-16-11(14-9(17)10(18)15-16)19-7-4-2-3-6(5-12)8(7)13/h2-4H,13H2,1H3,(H,15,18). The largest absolute Gasteiger partial charge is 0.397 e. The van der Waals surface area contributed by atoms with Crippen LogP contribution in [-0.4, -0.2) is 14.8 Å². The number of nitrogens with two attached hydrogens (primary N) is 1. The molecule has 1 heterocycles. The normalized spacial score (nSPS) is 10.1. The Balaban J connectivity index is 2.48. The van der Waals surface area contributed by atoms with E-state index < -0.39 is 11.1 Å². The SMILES string of the molecule is Cn1[nH]c(=O)c(=O)nc1Sc1cccc(C#N)c1N. The highest BCUT2D eigenvalue weighted by Crippen LogP contribution is 2.31. The summed E-state index contributed by atoms with van der Waals surface area (Å²) in [7, 11) is 1.56. The van der Waals surface area contributed by atoms with E-state index in [-0.39, 0.29) is 5.16 Å². The molecule has 0 fully saturated rings. The quantitative estimate of drug-likeness (QED) is 0.591. The maximum Gasteiger partial charge on any atom is 0.339 e. The smallest absolute Gasteiger partial charge is 0.339 e. The molecule has 0 saturated carbocycles. The molecule has 0 unspecified atom stereocenters. The highest BCUT2D eigenvalue weighted by atomic mass is 32.2.